The average molecular weight is 252 g/mol. The molecular weight excluding hydrogens is 234 g/mol. The molecule has 1 saturated carbocycles. The maximum Gasteiger partial charge on any atom is 0.223 e. The quantitative estimate of drug-likeness (QED) is 0.801. The van der Waals surface area contributed by atoms with Gasteiger partial charge in [0.05, 0.1) is 5.38 Å². The average Bonchev–Trinajstić information content (AvgIpc) is 3.17. The molecular formula is C14H18ClNO. The molecule has 2 nitrogen and oxygen atoms in total. The summed E-state index contributed by atoms with van der Waals surface area (Å²) in [5.74, 6) is 0.711. The summed E-state index contributed by atoms with van der Waals surface area (Å²) in [6, 6.07) is 10.2. The smallest absolute Gasteiger partial charge is 0.223 e. The first-order valence-electron chi connectivity index (χ1n) is 6.19. The van der Waals surface area contributed by atoms with Gasteiger partial charge < -0.3 is 5.32 Å². The first-order valence-corrected chi connectivity index (χ1v) is 6.62. The van der Waals surface area contributed by atoms with Crippen LogP contribution >= 0.6 is 11.6 Å². The van der Waals surface area contributed by atoms with Crippen LogP contribution in [0.1, 0.15) is 31.2 Å². The molecule has 1 fully saturated rings. The third kappa shape index (κ3) is 3.22. The number of carbonyl (C=O) groups excluding carboxylic acids is 1. The third-order valence-corrected chi connectivity index (χ3v) is 3.76. The van der Waals surface area contributed by atoms with Crippen LogP contribution < -0.4 is 5.32 Å². The van der Waals surface area contributed by atoms with Gasteiger partial charge in [0.1, 0.15) is 0 Å². The Kier molecular flexibility index (Phi) is 4.06. The lowest BCUT2D eigenvalue weighted by atomic mass is 10.1. The van der Waals surface area contributed by atoms with E-state index in [9.17, 15) is 4.79 Å². The highest BCUT2D eigenvalue weighted by atomic mass is 35.5. The van der Waals surface area contributed by atoms with Crippen molar-refractivity contribution in [2.75, 3.05) is 6.54 Å². The SMILES string of the molecule is CCC(Cl)CNC(=O)C1CC1c1ccccc1. The summed E-state index contributed by atoms with van der Waals surface area (Å²) in [6.07, 6.45) is 1.85. The van der Waals surface area contributed by atoms with E-state index in [1.165, 1.54) is 5.56 Å². The molecule has 0 spiro atoms. The van der Waals surface area contributed by atoms with E-state index in [-0.39, 0.29) is 17.2 Å². The molecule has 0 aliphatic heterocycles. The molecule has 0 heterocycles. The zero-order chi connectivity index (χ0) is 12.3. The highest BCUT2D eigenvalue weighted by Gasteiger charge is 2.43. The highest BCUT2D eigenvalue weighted by Crippen LogP contribution is 2.47. The van der Waals surface area contributed by atoms with Crippen LogP contribution in [0.15, 0.2) is 30.3 Å². The van der Waals surface area contributed by atoms with Crippen molar-refractivity contribution < 1.29 is 4.79 Å². The molecule has 0 radical (unpaired) electrons. The van der Waals surface area contributed by atoms with Gasteiger partial charge in [0.15, 0.2) is 0 Å². The topological polar surface area (TPSA) is 29.1 Å². The minimum Gasteiger partial charge on any atom is -0.354 e. The Labute approximate surface area is 107 Å². The number of rotatable bonds is 5. The van der Waals surface area contributed by atoms with Crippen LogP contribution in [0.4, 0.5) is 0 Å². The van der Waals surface area contributed by atoms with Crippen molar-refractivity contribution in [2.45, 2.75) is 31.1 Å². The van der Waals surface area contributed by atoms with E-state index in [0.29, 0.717) is 12.5 Å². The summed E-state index contributed by atoms with van der Waals surface area (Å²) in [4.78, 5) is 11.8. The highest BCUT2D eigenvalue weighted by molar-refractivity contribution is 6.20. The van der Waals surface area contributed by atoms with Crippen molar-refractivity contribution in [1.82, 2.24) is 5.32 Å². The Balaban J connectivity index is 1.81. The molecule has 17 heavy (non-hydrogen) atoms. The van der Waals surface area contributed by atoms with Gasteiger partial charge in [-0.05, 0) is 24.3 Å². The number of carbonyl (C=O) groups is 1. The van der Waals surface area contributed by atoms with Gasteiger partial charge in [-0.15, -0.1) is 11.6 Å². The van der Waals surface area contributed by atoms with Gasteiger partial charge in [0.2, 0.25) is 5.91 Å². The first-order chi connectivity index (χ1) is 8.22. The maximum atomic E-state index is 11.8. The lowest BCUT2D eigenvalue weighted by Gasteiger charge is -2.08. The Morgan fingerprint density at radius 3 is 2.82 bits per heavy atom. The minimum atomic E-state index is 0.0490. The molecule has 1 aliphatic rings. The van der Waals surface area contributed by atoms with Crippen molar-refractivity contribution in [3.05, 3.63) is 35.9 Å². The first kappa shape index (κ1) is 12.4. The third-order valence-electron chi connectivity index (χ3n) is 3.30. The van der Waals surface area contributed by atoms with E-state index in [1.807, 2.05) is 25.1 Å². The molecule has 3 unspecified atom stereocenters. The predicted octanol–water partition coefficient (Wildman–Crippen LogP) is 2.92. The fraction of sp³-hybridized carbons (Fsp3) is 0.500. The maximum absolute atomic E-state index is 11.8. The second-order valence-electron chi connectivity index (χ2n) is 4.61. The molecule has 0 aromatic heterocycles. The van der Waals surface area contributed by atoms with E-state index >= 15 is 0 Å². The Hall–Kier alpha value is -1.02. The number of halogens is 1. The van der Waals surface area contributed by atoms with Crippen LogP contribution in [0.5, 0.6) is 0 Å². The van der Waals surface area contributed by atoms with Crippen LogP contribution in [0.3, 0.4) is 0 Å². The summed E-state index contributed by atoms with van der Waals surface area (Å²) in [6.45, 7) is 2.60. The molecule has 0 bridgehead atoms. The number of alkyl halides is 1. The Morgan fingerprint density at radius 1 is 1.47 bits per heavy atom. The van der Waals surface area contributed by atoms with Gasteiger partial charge in [0.25, 0.3) is 0 Å². The van der Waals surface area contributed by atoms with Crippen LogP contribution in [0.2, 0.25) is 0 Å². The van der Waals surface area contributed by atoms with E-state index in [0.717, 1.165) is 12.8 Å². The van der Waals surface area contributed by atoms with Crippen LogP contribution in [0.25, 0.3) is 0 Å². The second kappa shape index (κ2) is 5.54. The van der Waals surface area contributed by atoms with Gasteiger partial charge in [-0.1, -0.05) is 37.3 Å². The summed E-state index contributed by atoms with van der Waals surface area (Å²) in [5, 5.41) is 2.97. The van der Waals surface area contributed by atoms with Gasteiger partial charge in [-0.2, -0.15) is 0 Å². The van der Waals surface area contributed by atoms with Gasteiger partial charge >= 0.3 is 0 Å². The van der Waals surface area contributed by atoms with Crippen molar-refractivity contribution in [3.8, 4) is 0 Å². The predicted molar refractivity (Wildman–Crippen MR) is 70.2 cm³/mol. The second-order valence-corrected chi connectivity index (χ2v) is 5.23. The molecule has 1 amide bonds. The lowest BCUT2D eigenvalue weighted by Crippen LogP contribution is -2.30. The lowest BCUT2D eigenvalue weighted by molar-refractivity contribution is -0.122. The van der Waals surface area contributed by atoms with Crippen molar-refractivity contribution in [3.63, 3.8) is 0 Å². The standard InChI is InChI=1S/C14H18ClNO/c1-2-11(15)9-16-14(17)13-8-12(13)10-6-4-3-5-7-10/h3-7,11-13H,2,8-9H2,1H3,(H,16,17). The molecule has 3 heteroatoms. The normalized spacial score (nSPS) is 24.1. The Morgan fingerprint density at radius 2 is 2.18 bits per heavy atom. The number of hydrogen-bond donors (Lipinski definition) is 1. The van der Waals surface area contributed by atoms with Gasteiger partial charge in [0, 0.05) is 12.5 Å². The van der Waals surface area contributed by atoms with Crippen molar-refractivity contribution in [1.29, 1.82) is 0 Å². The fourth-order valence-electron chi connectivity index (χ4n) is 2.04. The van der Waals surface area contributed by atoms with Crippen LogP contribution in [-0.4, -0.2) is 17.8 Å². The van der Waals surface area contributed by atoms with Crippen LogP contribution in [-0.2, 0) is 4.79 Å². The minimum absolute atomic E-state index is 0.0490. The molecule has 1 aromatic carbocycles. The number of hydrogen-bond acceptors (Lipinski definition) is 1. The zero-order valence-corrected chi connectivity index (χ0v) is 10.8. The van der Waals surface area contributed by atoms with Gasteiger partial charge in [-0.25, -0.2) is 0 Å². The van der Waals surface area contributed by atoms with E-state index in [2.05, 4.69) is 17.4 Å². The Bertz CT molecular complexity index is 379. The molecule has 1 aliphatic carbocycles. The van der Waals surface area contributed by atoms with Crippen molar-refractivity contribution in [2.24, 2.45) is 5.92 Å². The largest absolute Gasteiger partial charge is 0.354 e. The zero-order valence-electron chi connectivity index (χ0n) is 10.0. The van der Waals surface area contributed by atoms with Crippen LogP contribution in [0, 0.1) is 5.92 Å². The monoisotopic (exact) mass is 251 g/mol. The van der Waals surface area contributed by atoms with Crippen molar-refractivity contribution >= 4 is 17.5 Å². The summed E-state index contributed by atoms with van der Waals surface area (Å²) in [5.41, 5.74) is 1.27. The van der Waals surface area contributed by atoms with E-state index in [4.69, 9.17) is 11.6 Å². The summed E-state index contributed by atoms with van der Waals surface area (Å²) in [7, 11) is 0. The molecule has 1 N–H and O–H groups in total. The molecule has 92 valence electrons. The summed E-state index contributed by atoms with van der Waals surface area (Å²) >= 11 is 5.97. The number of amides is 1. The molecule has 0 saturated heterocycles. The molecule has 1 aromatic rings. The van der Waals surface area contributed by atoms with Gasteiger partial charge in [-0.3, -0.25) is 4.79 Å². The van der Waals surface area contributed by atoms with E-state index < -0.39 is 0 Å². The molecule has 2 rings (SSSR count). The molecule has 3 atom stereocenters. The van der Waals surface area contributed by atoms with E-state index in [1.54, 1.807) is 0 Å². The number of nitrogens with one attached hydrogen (secondary N) is 1. The summed E-state index contributed by atoms with van der Waals surface area (Å²) < 4.78 is 0. The fourth-order valence-corrected chi connectivity index (χ4v) is 2.12. The number of benzene rings is 1.